The zero-order chi connectivity index (χ0) is 13.2. The first kappa shape index (κ1) is 13.9. The van der Waals surface area contributed by atoms with Crippen molar-refractivity contribution in [2.75, 3.05) is 5.73 Å². The van der Waals surface area contributed by atoms with Gasteiger partial charge in [0.2, 0.25) is 0 Å². The van der Waals surface area contributed by atoms with Crippen molar-refractivity contribution in [1.29, 1.82) is 0 Å². The third-order valence-electron chi connectivity index (χ3n) is 2.68. The number of aliphatic hydroxyl groups is 1. The average Bonchev–Trinajstić information content (AvgIpc) is 2.22. The predicted molar refractivity (Wildman–Crippen MR) is 64.4 cm³/mol. The standard InChI is InChI=1S/C13H19F2NO/c1-13(2,3)7-6-10(17)8-4-5-9(14)12(16)11(8)15/h4-5,10,17H,6-7,16H2,1-3H3/t10-/m0/s1. The minimum atomic E-state index is -0.947. The first-order valence-electron chi connectivity index (χ1n) is 5.64. The third-order valence-corrected chi connectivity index (χ3v) is 2.68. The molecule has 1 atom stereocenters. The number of hydrogen-bond donors (Lipinski definition) is 2. The molecule has 2 nitrogen and oxygen atoms in total. The van der Waals surface area contributed by atoms with Gasteiger partial charge in [-0.25, -0.2) is 8.78 Å². The second kappa shape index (κ2) is 5.00. The molecule has 4 heteroatoms. The zero-order valence-electron chi connectivity index (χ0n) is 10.4. The summed E-state index contributed by atoms with van der Waals surface area (Å²) in [6.07, 6.45) is 0.216. The van der Waals surface area contributed by atoms with Gasteiger partial charge in [0, 0.05) is 5.56 Å². The highest BCUT2D eigenvalue weighted by Gasteiger charge is 2.19. The molecule has 0 heterocycles. The van der Waals surface area contributed by atoms with Crippen LogP contribution in [0, 0.1) is 17.0 Å². The first-order valence-corrected chi connectivity index (χ1v) is 5.64. The highest BCUT2D eigenvalue weighted by molar-refractivity contribution is 5.45. The van der Waals surface area contributed by atoms with Crippen molar-refractivity contribution in [3.8, 4) is 0 Å². The van der Waals surface area contributed by atoms with Gasteiger partial charge in [-0.15, -0.1) is 0 Å². The SMILES string of the molecule is CC(C)(C)CC[C@H](O)c1ccc(F)c(N)c1F. The Morgan fingerprint density at radius 3 is 2.41 bits per heavy atom. The molecule has 0 bridgehead atoms. The van der Waals surface area contributed by atoms with E-state index in [0.717, 1.165) is 12.5 Å². The van der Waals surface area contributed by atoms with E-state index in [4.69, 9.17) is 5.73 Å². The minimum Gasteiger partial charge on any atom is -0.394 e. The molecule has 96 valence electrons. The Balaban J connectivity index is 2.83. The molecule has 0 aliphatic heterocycles. The number of benzene rings is 1. The number of halogens is 2. The summed E-state index contributed by atoms with van der Waals surface area (Å²) in [6, 6.07) is 2.32. The Kier molecular flexibility index (Phi) is 4.09. The van der Waals surface area contributed by atoms with Crippen LogP contribution in [0.25, 0.3) is 0 Å². The van der Waals surface area contributed by atoms with E-state index in [0.29, 0.717) is 6.42 Å². The summed E-state index contributed by atoms with van der Waals surface area (Å²) in [5, 5.41) is 9.86. The Labute approximate surface area is 100 Å². The molecule has 0 aliphatic rings. The molecule has 1 rings (SSSR count). The van der Waals surface area contributed by atoms with E-state index in [9.17, 15) is 13.9 Å². The van der Waals surface area contributed by atoms with Gasteiger partial charge in [0.25, 0.3) is 0 Å². The molecule has 0 radical (unpaired) electrons. The molecule has 0 aromatic heterocycles. The summed E-state index contributed by atoms with van der Waals surface area (Å²) >= 11 is 0. The van der Waals surface area contributed by atoms with Crippen LogP contribution in [0.5, 0.6) is 0 Å². The van der Waals surface area contributed by atoms with Gasteiger partial charge >= 0.3 is 0 Å². The summed E-state index contributed by atoms with van der Waals surface area (Å²) in [4.78, 5) is 0. The molecule has 0 saturated heterocycles. The van der Waals surface area contributed by atoms with Crippen molar-refractivity contribution in [1.82, 2.24) is 0 Å². The smallest absolute Gasteiger partial charge is 0.154 e. The molecule has 3 N–H and O–H groups in total. The fourth-order valence-corrected chi connectivity index (χ4v) is 1.57. The van der Waals surface area contributed by atoms with Crippen LogP contribution in [0.15, 0.2) is 12.1 Å². The minimum absolute atomic E-state index is 0.0586. The van der Waals surface area contributed by atoms with Gasteiger partial charge in [0.15, 0.2) is 5.82 Å². The molecule has 1 aromatic rings. The van der Waals surface area contributed by atoms with Crippen LogP contribution >= 0.6 is 0 Å². The molecule has 0 fully saturated rings. The number of nitrogens with two attached hydrogens (primary N) is 1. The van der Waals surface area contributed by atoms with E-state index in [-0.39, 0.29) is 11.0 Å². The molecule has 17 heavy (non-hydrogen) atoms. The first-order chi connectivity index (χ1) is 7.72. The fraction of sp³-hybridized carbons (Fsp3) is 0.538. The monoisotopic (exact) mass is 243 g/mol. The van der Waals surface area contributed by atoms with Crippen molar-refractivity contribution in [3.63, 3.8) is 0 Å². The quantitative estimate of drug-likeness (QED) is 0.799. The van der Waals surface area contributed by atoms with E-state index < -0.39 is 23.4 Å². The summed E-state index contributed by atoms with van der Waals surface area (Å²) in [6.45, 7) is 6.11. The van der Waals surface area contributed by atoms with Gasteiger partial charge in [0.1, 0.15) is 11.5 Å². The lowest BCUT2D eigenvalue weighted by Gasteiger charge is -2.21. The van der Waals surface area contributed by atoms with Crippen LogP contribution < -0.4 is 5.73 Å². The highest BCUT2D eigenvalue weighted by Crippen LogP contribution is 2.30. The van der Waals surface area contributed by atoms with Crippen LogP contribution in [-0.4, -0.2) is 5.11 Å². The van der Waals surface area contributed by atoms with Crippen molar-refractivity contribution in [2.24, 2.45) is 5.41 Å². The molecular formula is C13H19F2NO. The van der Waals surface area contributed by atoms with Gasteiger partial charge in [-0.1, -0.05) is 26.8 Å². The number of anilines is 1. The van der Waals surface area contributed by atoms with E-state index >= 15 is 0 Å². The maximum Gasteiger partial charge on any atom is 0.154 e. The molecule has 0 unspecified atom stereocenters. The Bertz CT molecular complexity index is 399. The van der Waals surface area contributed by atoms with Crippen molar-refractivity contribution < 1.29 is 13.9 Å². The summed E-state index contributed by atoms with van der Waals surface area (Å²) in [5.41, 5.74) is 4.83. The topological polar surface area (TPSA) is 46.2 Å². The second-order valence-electron chi connectivity index (χ2n) is 5.48. The second-order valence-corrected chi connectivity index (χ2v) is 5.48. The van der Waals surface area contributed by atoms with E-state index in [1.165, 1.54) is 6.07 Å². The number of hydrogen-bond acceptors (Lipinski definition) is 2. The number of rotatable bonds is 3. The van der Waals surface area contributed by atoms with E-state index in [1.54, 1.807) is 0 Å². The van der Waals surface area contributed by atoms with Crippen molar-refractivity contribution in [2.45, 2.75) is 39.7 Å². The average molecular weight is 243 g/mol. The molecule has 0 spiro atoms. The van der Waals surface area contributed by atoms with Crippen LogP contribution in [-0.2, 0) is 0 Å². The Morgan fingerprint density at radius 1 is 1.29 bits per heavy atom. The molecular weight excluding hydrogens is 224 g/mol. The van der Waals surface area contributed by atoms with Gasteiger partial charge in [0.05, 0.1) is 6.10 Å². The fourth-order valence-electron chi connectivity index (χ4n) is 1.57. The normalized spacial score (nSPS) is 13.8. The number of aliphatic hydroxyl groups excluding tert-OH is 1. The van der Waals surface area contributed by atoms with Gasteiger partial charge in [-0.3, -0.25) is 0 Å². The Hall–Kier alpha value is -1.16. The van der Waals surface area contributed by atoms with Crippen LogP contribution in [0.4, 0.5) is 14.5 Å². The van der Waals surface area contributed by atoms with E-state index in [1.807, 2.05) is 20.8 Å². The number of nitrogen functional groups attached to an aromatic ring is 1. The van der Waals surface area contributed by atoms with Crippen molar-refractivity contribution >= 4 is 5.69 Å². The summed E-state index contributed by atoms with van der Waals surface area (Å²) in [5.74, 6) is -1.65. The zero-order valence-corrected chi connectivity index (χ0v) is 10.4. The van der Waals surface area contributed by atoms with Gasteiger partial charge in [-0.2, -0.15) is 0 Å². The summed E-state index contributed by atoms with van der Waals surface area (Å²) < 4.78 is 26.6. The lowest BCUT2D eigenvalue weighted by molar-refractivity contribution is 0.143. The molecule has 1 aromatic carbocycles. The molecule has 0 amide bonds. The molecule has 0 aliphatic carbocycles. The van der Waals surface area contributed by atoms with Crippen LogP contribution in [0.3, 0.4) is 0 Å². The largest absolute Gasteiger partial charge is 0.394 e. The lowest BCUT2D eigenvalue weighted by atomic mass is 9.88. The lowest BCUT2D eigenvalue weighted by Crippen LogP contribution is -2.10. The summed E-state index contributed by atoms with van der Waals surface area (Å²) in [7, 11) is 0. The van der Waals surface area contributed by atoms with Crippen LogP contribution in [0.2, 0.25) is 0 Å². The van der Waals surface area contributed by atoms with Gasteiger partial charge in [-0.05, 0) is 24.3 Å². The van der Waals surface area contributed by atoms with E-state index in [2.05, 4.69) is 0 Å². The van der Waals surface area contributed by atoms with Crippen LogP contribution in [0.1, 0.15) is 45.3 Å². The highest BCUT2D eigenvalue weighted by atomic mass is 19.1. The van der Waals surface area contributed by atoms with Gasteiger partial charge < -0.3 is 10.8 Å². The third kappa shape index (κ3) is 3.66. The predicted octanol–water partition coefficient (Wildman–Crippen LogP) is 3.41. The molecule has 0 saturated carbocycles. The Morgan fingerprint density at radius 2 is 1.88 bits per heavy atom. The van der Waals surface area contributed by atoms with Crippen molar-refractivity contribution in [3.05, 3.63) is 29.3 Å². The maximum absolute atomic E-state index is 13.6. The maximum atomic E-state index is 13.6.